The lowest BCUT2D eigenvalue weighted by atomic mass is 10.4. The maximum Gasteiger partial charge on any atom is 0.323 e. The number of ether oxygens (including phenoxy) is 2. The summed E-state index contributed by atoms with van der Waals surface area (Å²) >= 11 is 0. The number of nitrogens with one attached hydrogen (secondary N) is 1. The number of aromatic nitrogens is 3. The van der Waals surface area contributed by atoms with Crippen LogP contribution in [0, 0.1) is 0 Å². The molecule has 2 rings (SSSR count). The minimum Gasteiger partial charge on any atom is -0.457 e. The second-order valence-electron chi connectivity index (χ2n) is 3.79. The lowest BCUT2D eigenvalue weighted by Gasteiger charge is -2.26. The van der Waals surface area contributed by atoms with Gasteiger partial charge >= 0.3 is 6.01 Å². The molecule has 1 aliphatic heterocycles. The van der Waals surface area contributed by atoms with E-state index in [-0.39, 0.29) is 12.0 Å². The smallest absolute Gasteiger partial charge is 0.323 e. The number of hydrogen-bond donors (Lipinski definition) is 1. The Morgan fingerprint density at radius 3 is 2.68 bits per heavy atom. The summed E-state index contributed by atoms with van der Waals surface area (Å²) < 4.78 is 34.3. The molecule has 7 nitrogen and oxygen atoms in total. The molecule has 0 atom stereocenters. The van der Waals surface area contributed by atoms with E-state index in [4.69, 9.17) is 9.47 Å². The molecule has 1 aromatic heterocycles. The number of halogens is 2. The number of anilines is 2. The molecule has 1 N–H and O–H groups in total. The Labute approximate surface area is 109 Å². The lowest BCUT2D eigenvalue weighted by molar-refractivity contribution is 0.0769. The molecular weight excluding hydrogens is 260 g/mol. The van der Waals surface area contributed by atoms with Gasteiger partial charge in [-0.15, -0.1) is 0 Å². The van der Waals surface area contributed by atoms with Crippen molar-refractivity contribution in [1.82, 2.24) is 15.0 Å². The predicted octanol–water partition coefficient (Wildman–Crippen LogP) is 0.394. The highest BCUT2D eigenvalue weighted by atomic mass is 19.3. The van der Waals surface area contributed by atoms with Crippen LogP contribution in [0.3, 0.4) is 0 Å². The Morgan fingerprint density at radius 2 is 2.05 bits per heavy atom. The quantitative estimate of drug-likeness (QED) is 0.833. The zero-order valence-electron chi connectivity index (χ0n) is 10.5. The Kier molecular flexibility index (Phi) is 4.61. The fourth-order valence-electron chi connectivity index (χ4n) is 1.56. The first kappa shape index (κ1) is 13.7. The molecule has 1 saturated heterocycles. The number of morpholine rings is 1. The van der Waals surface area contributed by atoms with Crippen LogP contribution >= 0.6 is 0 Å². The van der Waals surface area contributed by atoms with Crippen LogP contribution in [-0.2, 0) is 4.74 Å². The van der Waals surface area contributed by atoms with Crippen molar-refractivity contribution in [3.63, 3.8) is 0 Å². The number of hydrogen-bond acceptors (Lipinski definition) is 7. The molecule has 19 heavy (non-hydrogen) atoms. The van der Waals surface area contributed by atoms with Gasteiger partial charge in [-0.1, -0.05) is 0 Å². The van der Waals surface area contributed by atoms with Crippen molar-refractivity contribution in [2.45, 2.75) is 6.43 Å². The molecule has 106 valence electrons. The van der Waals surface area contributed by atoms with Crippen molar-refractivity contribution < 1.29 is 18.3 Å². The van der Waals surface area contributed by atoms with Gasteiger partial charge in [0.15, 0.2) is 6.61 Å². The molecule has 0 aromatic carbocycles. The first-order valence-corrected chi connectivity index (χ1v) is 5.86. The second-order valence-corrected chi connectivity index (χ2v) is 3.79. The van der Waals surface area contributed by atoms with Gasteiger partial charge in [-0.3, -0.25) is 0 Å². The molecule has 0 radical (unpaired) electrons. The van der Waals surface area contributed by atoms with E-state index in [1.807, 2.05) is 4.90 Å². The van der Waals surface area contributed by atoms with Crippen LogP contribution < -0.4 is 15.0 Å². The van der Waals surface area contributed by atoms with Gasteiger partial charge < -0.3 is 19.7 Å². The van der Waals surface area contributed by atoms with Gasteiger partial charge in [0.05, 0.1) is 13.2 Å². The van der Waals surface area contributed by atoms with Gasteiger partial charge in [0, 0.05) is 20.1 Å². The highest BCUT2D eigenvalue weighted by Gasteiger charge is 2.17. The summed E-state index contributed by atoms with van der Waals surface area (Å²) in [5.41, 5.74) is 0. The zero-order valence-corrected chi connectivity index (χ0v) is 10.5. The molecule has 0 unspecified atom stereocenters. The van der Waals surface area contributed by atoms with E-state index < -0.39 is 13.0 Å². The second kappa shape index (κ2) is 6.41. The zero-order chi connectivity index (χ0) is 13.7. The van der Waals surface area contributed by atoms with Crippen molar-refractivity contribution >= 4 is 11.9 Å². The van der Waals surface area contributed by atoms with E-state index in [0.717, 1.165) is 0 Å². The summed E-state index contributed by atoms with van der Waals surface area (Å²) in [4.78, 5) is 14.0. The number of nitrogens with zero attached hydrogens (tertiary/aromatic N) is 4. The van der Waals surface area contributed by atoms with Crippen LogP contribution in [0.5, 0.6) is 6.01 Å². The van der Waals surface area contributed by atoms with Crippen LogP contribution in [0.25, 0.3) is 0 Å². The van der Waals surface area contributed by atoms with Gasteiger partial charge in [-0.2, -0.15) is 15.0 Å². The van der Waals surface area contributed by atoms with Gasteiger partial charge in [0.1, 0.15) is 0 Å². The summed E-state index contributed by atoms with van der Waals surface area (Å²) in [5, 5.41) is 2.75. The molecule has 0 amide bonds. The van der Waals surface area contributed by atoms with E-state index in [0.29, 0.717) is 32.3 Å². The van der Waals surface area contributed by atoms with E-state index in [9.17, 15) is 8.78 Å². The molecule has 9 heteroatoms. The number of rotatable bonds is 5. The average molecular weight is 275 g/mol. The standard InChI is InChI=1S/C10H15F2N5O2/c1-13-8-14-9(17-2-4-18-5-3-17)16-10(15-8)19-6-7(11)12/h7H,2-6H2,1H3,(H,13,14,15,16). The molecule has 2 heterocycles. The maximum absolute atomic E-state index is 12.1. The lowest BCUT2D eigenvalue weighted by Crippen LogP contribution is -2.37. The van der Waals surface area contributed by atoms with Gasteiger partial charge in [-0.25, -0.2) is 8.78 Å². The Morgan fingerprint density at radius 1 is 1.32 bits per heavy atom. The molecular formula is C10H15F2N5O2. The van der Waals surface area contributed by atoms with Crippen molar-refractivity contribution in [2.24, 2.45) is 0 Å². The summed E-state index contributed by atoms with van der Waals surface area (Å²) in [6.07, 6.45) is -2.57. The summed E-state index contributed by atoms with van der Waals surface area (Å²) in [7, 11) is 1.63. The third-order valence-electron chi connectivity index (χ3n) is 2.46. The monoisotopic (exact) mass is 275 g/mol. The largest absolute Gasteiger partial charge is 0.457 e. The third-order valence-corrected chi connectivity index (χ3v) is 2.46. The topological polar surface area (TPSA) is 72.4 Å². The molecule has 1 aliphatic rings. The SMILES string of the molecule is CNc1nc(OCC(F)F)nc(N2CCOCC2)n1. The fourth-order valence-corrected chi connectivity index (χ4v) is 1.56. The molecule has 0 spiro atoms. The van der Waals surface area contributed by atoms with E-state index >= 15 is 0 Å². The van der Waals surface area contributed by atoms with Crippen LogP contribution in [0.1, 0.15) is 0 Å². The summed E-state index contributed by atoms with van der Waals surface area (Å²) in [6.45, 7) is 1.69. The van der Waals surface area contributed by atoms with Crippen molar-refractivity contribution in [3.8, 4) is 6.01 Å². The minimum atomic E-state index is -2.57. The molecule has 1 fully saturated rings. The van der Waals surface area contributed by atoms with Crippen molar-refractivity contribution in [2.75, 3.05) is 50.2 Å². The van der Waals surface area contributed by atoms with Crippen LogP contribution in [0.2, 0.25) is 0 Å². The van der Waals surface area contributed by atoms with Crippen molar-refractivity contribution in [3.05, 3.63) is 0 Å². The Hall–Kier alpha value is -1.77. The predicted molar refractivity (Wildman–Crippen MR) is 63.9 cm³/mol. The first-order valence-electron chi connectivity index (χ1n) is 5.86. The summed E-state index contributed by atoms with van der Waals surface area (Å²) in [6, 6.07) is -0.110. The third kappa shape index (κ3) is 3.85. The molecule has 0 saturated carbocycles. The van der Waals surface area contributed by atoms with E-state index in [2.05, 4.69) is 20.3 Å². The van der Waals surface area contributed by atoms with Gasteiger partial charge in [-0.05, 0) is 0 Å². The molecule has 0 aliphatic carbocycles. The van der Waals surface area contributed by atoms with Gasteiger partial charge in [0.25, 0.3) is 6.43 Å². The maximum atomic E-state index is 12.1. The van der Waals surface area contributed by atoms with Crippen LogP contribution in [0.4, 0.5) is 20.7 Å². The van der Waals surface area contributed by atoms with Crippen LogP contribution in [0.15, 0.2) is 0 Å². The van der Waals surface area contributed by atoms with Gasteiger partial charge in [0.2, 0.25) is 11.9 Å². The molecule has 1 aromatic rings. The highest BCUT2D eigenvalue weighted by Crippen LogP contribution is 2.16. The Balaban J connectivity index is 2.14. The fraction of sp³-hybridized carbons (Fsp3) is 0.700. The van der Waals surface area contributed by atoms with Crippen molar-refractivity contribution in [1.29, 1.82) is 0 Å². The normalized spacial score (nSPS) is 15.7. The van der Waals surface area contributed by atoms with Crippen LogP contribution in [-0.4, -0.2) is 61.3 Å². The number of alkyl halides is 2. The van der Waals surface area contributed by atoms with E-state index in [1.165, 1.54) is 0 Å². The molecule has 0 bridgehead atoms. The highest BCUT2D eigenvalue weighted by molar-refractivity contribution is 5.38. The first-order chi connectivity index (χ1) is 9.19. The minimum absolute atomic E-state index is 0.110. The van der Waals surface area contributed by atoms with E-state index in [1.54, 1.807) is 7.05 Å². The Bertz CT molecular complexity index is 415. The average Bonchev–Trinajstić information content (AvgIpc) is 2.45. The summed E-state index contributed by atoms with van der Waals surface area (Å²) in [5.74, 6) is 0.674.